The Morgan fingerprint density at radius 1 is 0.733 bits per heavy atom. The molecular weight excluding hydrogens is 424 g/mol. The van der Waals surface area contributed by atoms with E-state index in [1.54, 1.807) is 26.0 Å². The summed E-state index contributed by atoms with van der Waals surface area (Å²) >= 11 is 2.26. The van der Waals surface area contributed by atoms with Crippen molar-refractivity contribution >= 4 is 46.2 Å². The van der Waals surface area contributed by atoms with Crippen molar-refractivity contribution in [2.24, 2.45) is 0 Å². The summed E-state index contributed by atoms with van der Waals surface area (Å²) in [6, 6.07) is 14.9. The van der Waals surface area contributed by atoms with Crippen LogP contribution in [0.15, 0.2) is 59.7 Å². The Balaban J connectivity index is 1.67. The van der Waals surface area contributed by atoms with Crippen molar-refractivity contribution in [3.05, 3.63) is 81.9 Å². The average molecular weight is 447 g/mol. The number of aliphatic carboxylic acids is 2. The largest absolute Gasteiger partial charge is 0.478 e. The summed E-state index contributed by atoms with van der Waals surface area (Å²) in [7, 11) is 0. The SMILES string of the molecule is CC(=Cc1ccc(COSSOCc2ccc(C=C(C)C(=O)O)cc2)cc1)C(=O)O. The Morgan fingerprint density at radius 3 is 1.37 bits per heavy atom. The van der Waals surface area contributed by atoms with Gasteiger partial charge in [0.05, 0.1) is 35.4 Å². The Hall–Kier alpha value is -2.52. The van der Waals surface area contributed by atoms with E-state index in [2.05, 4.69) is 0 Å². The van der Waals surface area contributed by atoms with E-state index in [1.165, 1.54) is 0 Å². The van der Waals surface area contributed by atoms with Crippen molar-refractivity contribution in [3.63, 3.8) is 0 Å². The Bertz CT molecular complexity index is 840. The maximum atomic E-state index is 10.8. The quantitative estimate of drug-likeness (QED) is 0.199. The Morgan fingerprint density at radius 2 is 1.07 bits per heavy atom. The zero-order valence-corrected chi connectivity index (χ0v) is 18.2. The van der Waals surface area contributed by atoms with Crippen molar-refractivity contribution in [2.45, 2.75) is 27.1 Å². The van der Waals surface area contributed by atoms with E-state index in [9.17, 15) is 9.59 Å². The minimum atomic E-state index is -0.933. The van der Waals surface area contributed by atoms with Gasteiger partial charge in [-0.2, -0.15) is 0 Å². The van der Waals surface area contributed by atoms with E-state index < -0.39 is 11.9 Å². The summed E-state index contributed by atoms with van der Waals surface area (Å²) in [6.07, 6.45) is 3.23. The lowest BCUT2D eigenvalue weighted by molar-refractivity contribution is -0.133. The predicted molar refractivity (Wildman–Crippen MR) is 120 cm³/mol. The minimum absolute atomic E-state index is 0.282. The van der Waals surface area contributed by atoms with Gasteiger partial charge < -0.3 is 10.2 Å². The third-order valence-electron chi connectivity index (χ3n) is 3.98. The molecule has 0 unspecified atom stereocenters. The molecule has 0 bridgehead atoms. The van der Waals surface area contributed by atoms with Crippen LogP contribution in [-0.2, 0) is 31.2 Å². The van der Waals surface area contributed by atoms with Gasteiger partial charge in [-0.1, -0.05) is 48.5 Å². The number of carboxylic acids is 2. The molecule has 0 saturated carbocycles. The first kappa shape index (κ1) is 23.8. The van der Waals surface area contributed by atoms with Crippen molar-refractivity contribution in [2.75, 3.05) is 0 Å². The zero-order chi connectivity index (χ0) is 21.9. The highest BCUT2D eigenvalue weighted by Gasteiger charge is 2.02. The standard InChI is InChI=1S/C22H22O6S2/c1-15(21(23)24)11-17-3-7-19(8-4-17)13-27-29-30-28-14-20-9-5-18(6-10-20)12-16(2)22(25)26/h3-12H,13-14H2,1-2H3,(H,23,24)(H,25,26). The summed E-state index contributed by atoms with van der Waals surface area (Å²) in [4.78, 5) is 21.7. The second-order valence-corrected chi connectivity index (χ2v) is 7.97. The molecule has 2 rings (SSSR count). The van der Waals surface area contributed by atoms with E-state index in [0.29, 0.717) is 13.2 Å². The minimum Gasteiger partial charge on any atom is -0.478 e. The average Bonchev–Trinajstić information content (AvgIpc) is 2.72. The van der Waals surface area contributed by atoms with Crippen LogP contribution >= 0.6 is 22.1 Å². The van der Waals surface area contributed by atoms with Gasteiger partial charge in [0.2, 0.25) is 0 Å². The molecule has 0 aromatic heterocycles. The fraction of sp³-hybridized carbons (Fsp3) is 0.182. The topological polar surface area (TPSA) is 93.1 Å². The molecule has 2 aromatic rings. The van der Waals surface area contributed by atoms with Crippen LogP contribution in [0.3, 0.4) is 0 Å². The van der Waals surface area contributed by atoms with E-state index in [0.717, 1.165) is 44.4 Å². The molecule has 8 heteroatoms. The molecule has 0 atom stereocenters. The van der Waals surface area contributed by atoms with E-state index >= 15 is 0 Å². The third kappa shape index (κ3) is 8.46. The first-order chi connectivity index (χ1) is 14.3. The molecule has 0 radical (unpaired) electrons. The van der Waals surface area contributed by atoms with Crippen LogP contribution in [0, 0.1) is 0 Å². The Kier molecular flexibility index (Phi) is 9.69. The van der Waals surface area contributed by atoms with Gasteiger partial charge in [0.1, 0.15) is 0 Å². The maximum absolute atomic E-state index is 10.8. The molecule has 0 saturated heterocycles. The molecule has 0 heterocycles. The lowest BCUT2D eigenvalue weighted by Gasteiger charge is -2.05. The van der Waals surface area contributed by atoms with Crippen LogP contribution in [0.25, 0.3) is 12.2 Å². The number of benzene rings is 2. The highest BCUT2D eigenvalue weighted by Crippen LogP contribution is 2.26. The fourth-order valence-electron chi connectivity index (χ4n) is 2.27. The summed E-state index contributed by atoms with van der Waals surface area (Å²) in [5.41, 5.74) is 4.14. The van der Waals surface area contributed by atoms with Gasteiger partial charge in [-0.15, -0.1) is 0 Å². The highest BCUT2D eigenvalue weighted by atomic mass is 33.1. The first-order valence-electron chi connectivity index (χ1n) is 8.94. The van der Waals surface area contributed by atoms with Crippen molar-refractivity contribution in [1.82, 2.24) is 0 Å². The van der Waals surface area contributed by atoms with Crippen LogP contribution < -0.4 is 0 Å². The van der Waals surface area contributed by atoms with Gasteiger partial charge in [0, 0.05) is 11.1 Å². The second kappa shape index (κ2) is 12.2. The van der Waals surface area contributed by atoms with Crippen LogP contribution in [0.2, 0.25) is 0 Å². The molecule has 0 aliphatic heterocycles. The smallest absolute Gasteiger partial charge is 0.331 e. The van der Waals surface area contributed by atoms with Crippen LogP contribution in [0.5, 0.6) is 0 Å². The van der Waals surface area contributed by atoms with E-state index in [-0.39, 0.29) is 11.1 Å². The molecule has 30 heavy (non-hydrogen) atoms. The van der Waals surface area contributed by atoms with Gasteiger partial charge in [-0.25, -0.2) is 9.59 Å². The maximum Gasteiger partial charge on any atom is 0.331 e. The van der Waals surface area contributed by atoms with Crippen molar-refractivity contribution in [1.29, 1.82) is 0 Å². The van der Waals surface area contributed by atoms with Crippen molar-refractivity contribution < 1.29 is 28.2 Å². The molecule has 2 aromatic carbocycles. The molecule has 0 fully saturated rings. The highest BCUT2D eigenvalue weighted by molar-refractivity contribution is 8.73. The fourth-order valence-corrected chi connectivity index (χ4v) is 3.24. The van der Waals surface area contributed by atoms with Gasteiger partial charge >= 0.3 is 11.9 Å². The lowest BCUT2D eigenvalue weighted by Crippen LogP contribution is -1.95. The second-order valence-electron chi connectivity index (χ2n) is 6.41. The van der Waals surface area contributed by atoms with E-state index in [4.69, 9.17) is 18.6 Å². The summed E-state index contributed by atoms with van der Waals surface area (Å²) < 4.78 is 11.0. The van der Waals surface area contributed by atoms with Gasteiger partial charge in [0.15, 0.2) is 0 Å². The molecule has 0 aliphatic rings. The van der Waals surface area contributed by atoms with Crippen molar-refractivity contribution in [3.8, 4) is 0 Å². The third-order valence-corrected chi connectivity index (χ3v) is 5.20. The lowest BCUT2D eigenvalue weighted by atomic mass is 10.1. The summed E-state index contributed by atoms with van der Waals surface area (Å²) in [5.74, 6) is -1.87. The van der Waals surface area contributed by atoms with Crippen LogP contribution in [-0.4, -0.2) is 22.2 Å². The predicted octanol–water partition coefficient (Wildman–Crippen LogP) is 5.61. The van der Waals surface area contributed by atoms with Gasteiger partial charge in [0.25, 0.3) is 0 Å². The van der Waals surface area contributed by atoms with E-state index in [1.807, 2.05) is 48.5 Å². The normalized spacial score (nSPS) is 12.1. The number of carboxylic acid groups (broad SMARTS) is 2. The first-order valence-corrected chi connectivity index (χ1v) is 10.9. The molecule has 0 amide bonds. The summed E-state index contributed by atoms with van der Waals surface area (Å²) in [5, 5.41) is 17.8. The molecule has 158 valence electrons. The number of carbonyl (C=O) groups is 2. The zero-order valence-electron chi connectivity index (χ0n) is 16.5. The molecule has 0 aliphatic carbocycles. The summed E-state index contributed by atoms with van der Waals surface area (Å²) in [6.45, 7) is 3.90. The molecule has 2 N–H and O–H groups in total. The number of hydrogen-bond donors (Lipinski definition) is 2. The van der Waals surface area contributed by atoms with Crippen LogP contribution in [0.4, 0.5) is 0 Å². The molecule has 6 nitrogen and oxygen atoms in total. The molecular formula is C22H22O6S2. The number of rotatable bonds is 11. The van der Waals surface area contributed by atoms with Gasteiger partial charge in [-0.3, -0.25) is 8.37 Å². The Labute approximate surface area is 183 Å². The monoisotopic (exact) mass is 446 g/mol. The molecule has 0 spiro atoms. The van der Waals surface area contributed by atoms with Crippen LogP contribution in [0.1, 0.15) is 36.1 Å². The number of hydrogen-bond acceptors (Lipinski definition) is 6. The van der Waals surface area contributed by atoms with Gasteiger partial charge in [-0.05, 0) is 48.3 Å².